The van der Waals surface area contributed by atoms with Crippen molar-refractivity contribution in [1.82, 2.24) is 4.98 Å². The summed E-state index contributed by atoms with van der Waals surface area (Å²) < 4.78 is 11.0. The number of nitrogens with zero attached hydrogens (tertiary/aromatic N) is 1. The minimum Gasteiger partial charge on any atom is -0.493 e. The van der Waals surface area contributed by atoms with Crippen molar-refractivity contribution in [2.45, 2.75) is 6.61 Å². The predicted octanol–water partition coefficient (Wildman–Crippen LogP) is 3.98. The van der Waals surface area contributed by atoms with E-state index in [4.69, 9.17) is 9.47 Å². The van der Waals surface area contributed by atoms with Crippen LogP contribution in [0.2, 0.25) is 0 Å². The highest BCUT2D eigenvalue weighted by Crippen LogP contribution is 2.27. The van der Waals surface area contributed by atoms with Gasteiger partial charge in [0.2, 0.25) is 0 Å². The number of aromatic nitrogens is 1. The van der Waals surface area contributed by atoms with E-state index in [1.807, 2.05) is 41.8 Å². The Balaban J connectivity index is 1.62. The minimum absolute atomic E-state index is 0.178. The molecule has 2 heterocycles. The van der Waals surface area contributed by atoms with Gasteiger partial charge in [-0.2, -0.15) is 0 Å². The molecule has 0 unspecified atom stereocenters. The van der Waals surface area contributed by atoms with Gasteiger partial charge in [0.1, 0.15) is 12.4 Å². The molecule has 122 valence electrons. The van der Waals surface area contributed by atoms with E-state index in [0.717, 1.165) is 5.56 Å². The van der Waals surface area contributed by atoms with Gasteiger partial charge in [-0.15, -0.1) is 11.3 Å². The topological polar surface area (TPSA) is 60.5 Å². The molecule has 0 radical (unpaired) electrons. The fraction of sp³-hybridized carbons (Fsp3) is 0.111. The van der Waals surface area contributed by atoms with Crippen LogP contribution in [0.3, 0.4) is 0 Å². The van der Waals surface area contributed by atoms with Crippen molar-refractivity contribution in [1.29, 1.82) is 0 Å². The van der Waals surface area contributed by atoms with Crippen molar-refractivity contribution in [3.05, 3.63) is 70.5 Å². The third-order valence-electron chi connectivity index (χ3n) is 3.25. The zero-order valence-corrected chi connectivity index (χ0v) is 13.9. The van der Waals surface area contributed by atoms with Gasteiger partial charge >= 0.3 is 0 Å². The number of benzene rings is 1. The maximum Gasteiger partial charge on any atom is 0.266 e. The molecule has 0 fully saturated rings. The average molecular weight is 340 g/mol. The lowest BCUT2D eigenvalue weighted by atomic mass is 10.3. The van der Waals surface area contributed by atoms with Crippen LogP contribution in [0.15, 0.2) is 60.1 Å². The number of ether oxygens (including phenoxy) is 2. The normalized spacial score (nSPS) is 10.2. The zero-order chi connectivity index (χ0) is 16.8. The number of amides is 1. The molecular formula is C18H16N2O3S. The summed E-state index contributed by atoms with van der Waals surface area (Å²) in [7, 11) is 1.60. The first-order chi connectivity index (χ1) is 11.8. The number of anilines is 1. The average Bonchev–Trinajstić information content (AvgIpc) is 3.10. The van der Waals surface area contributed by atoms with Gasteiger partial charge in [0, 0.05) is 11.8 Å². The first kappa shape index (κ1) is 16.0. The number of pyridine rings is 1. The minimum atomic E-state index is -0.178. The van der Waals surface area contributed by atoms with E-state index in [-0.39, 0.29) is 5.91 Å². The van der Waals surface area contributed by atoms with E-state index in [2.05, 4.69) is 10.3 Å². The molecule has 0 atom stereocenters. The van der Waals surface area contributed by atoms with Gasteiger partial charge in [-0.1, -0.05) is 18.2 Å². The number of hydrogen-bond donors (Lipinski definition) is 1. The van der Waals surface area contributed by atoms with Gasteiger partial charge in [0.25, 0.3) is 5.91 Å². The number of para-hydroxylation sites is 2. The first-order valence-corrected chi connectivity index (χ1v) is 8.20. The van der Waals surface area contributed by atoms with Gasteiger partial charge in [-0.05, 0) is 35.7 Å². The summed E-state index contributed by atoms with van der Waals surface area (Å²) in [5.41, 5.74) is 0.928. The monoisotopic (exact) mass is 340 g/mol. The van der Waals surface area contributed by atoms with Crippen LogP contribution in [-0.2, 0) is 6.61 Å². The zero-order valence-electron chi connectivity index (χ0n) is 13.1. The maximum absolute atomic E-state index is 12.2. The molecule has 5 nitrogen and oxygen atoms in total. The number of hydrogen-bond acceptors (Lipinski definition) is 5. The molecule has 3 aromatic rings. The Bertz CT molecular complexity index is 818. The standard InChI is InChI=1S/C18H16N2O3S/c1-22-14-6-2-3-7-15(14)23-11-13-10-16(24-12-13)18(21)20-17-8-4-5-9-19-17/h2-10,12H,11H2,1H3,(H,19,20,21). The molecule has 0 bridgehead atoms. The van der Waals surface area contributed by atoms with Crippen molar-refractivity contribution >= 4 is 23.1 Å². The van der Waals surface area contributed by atoms with E-state index in [1.165, 1.54) is 11.3 Å². The number of carbonyl (C=O) groups is 1. The molecule has 0 spiro atoms. The van der Waals surface area contributed by atoms with Crippen LogP contribution in [0, 0.1) is 0 Å². The molecule has 0 aliphatic carbocycles. The predicted molar refractivity (Wildman–Crippen MR) is 93.8 cm³/mol. The van der Waals surface area contributed by atoms with Gasteiger partial charge in [0.05, 0.1) is 12.0 Å². The summed E-state index contributed by atoms with van der Waals surface area (Å²) in [5.74, 6) is 1.71. The summed E-state index contributed by atoms with van der Waals surface area (Å²) in [6.07, 6.45) is 1.64. The smallest absolute Gasteiger partial charge is 0.266 e. The van der Waals surface area contributed by atoms with Gasteiger partial charge in [0.15, 0.2) is 11.5 Å². The highest BCUT2D eigenvalue weighted by Gasteiger charge is 2.11. The van der Waals surface area contributed by atoms with Crippen LogP contribution in [-0.4, -0.2) is 18.0 Å². The van der Waals surface area contributed by atoms with Crippen molar-refractivity contribution in [2.75, 3.05) is 12.4 Å². The Kier molecular flexibility index (Phi) is 5.08. The Morgan fingerprint density at radius 2 is 1.96 bits per heavy atom. The summed E-state index contributed by atoms with van der Waals surface area (Å²) in [6.45, 7) is 0.369. The number of nitrogens with one attached hydrogen (secondary N) is 1. The molecule has 1 N–H and O–H groups in total. The Morgan fingerprint density at radius 1 is 1.17 bits per heavy atom. The van der Waals surface area contributed by atoms with Gasteiger partial charge < -0.3 is 14.8 Å². The first-order valence-electron chi connectivity index (χ1n) is 7.32. The van der Waals surface area contributed by atoms with E-state index in [1.54, 1.807) is 25.4 Å². The molecule has 2 aromatic heterocycles. The lowest BCUT2D eigenvalue weighted by Gasteiger charge is -2.09. The van der Waals surface area contributed by atoms with E-state index in [0.29, 0.717) is 28.8 Å². The largest absolute Gasteiger partial charge is 0.493 e. The van der Waals surface area contributed by atoms with Crippen LogP contribution in [0.5, 0.6) is 11.5 Å². The fourth-order valence-corrected chi connectivity index (χ4v) is 2.88. The molecule has 24 heavy (non-hydrogen) atoms. The molecule has 0 aliphatic rings. The second-order valence-corrected chi connectivity index (χ2v) is 5.84. The fourth-order valence-electron chi connectivity index (χ4n) is 2.08. The van der Waals surface area contributed by atoms with Crippen LogP contribution in [0.25, 0.3) is 0 Å². The molecule has 1 amide bonds. The third kappa shape index (κ3) is 3.91. The van der Waals surface area contributed by atoms with Crippen molar-refractivity contribution in [3.8, 4) is 11.5 Å². The number of carbonyl (C=O) groups excluding carboxylic acids is 1. The Morgan fingerprint density at radius 3 is 2.71 bits per heavy atom. The third-order valence-corrected chi connectivity index (χ3v) is 4.23. The second-order valence-electron chi connectivity index (χ2n) is 4.93. The Labute approximate surface area is 143 Å². The lowest BCUT2D eigenvalue weighted by Crippen LogP contribution is -2.11. The molecule has 0 saturated heterocycles. The van der Waals surface area contributed by atoms with Crippen LogP contribution in [0.4, 0.5) is 5.82 Å². The van der Waals surface area contributed by atoms with Crippen molar-refractivity contribution in [3.63, 3.8) is 0 Å². The molecule has 1 aromatic carbocycles. The number of rotatable bonds is 6. The number of thiophene rings is 1. The lowest BCUT2D eigenvalue weighted by molar-refractivity contribution is 0.103. The van der Waals surface area contributed by atoms with E-state index < -0.39 is 0 Å². The van der Waals surface area contributed by atoms with Crippen molar-refractivity contribution in [2.24, 2.45) is 0 Å². The number of methoxy groups -OCH3 is 1. The van der Waals surface area contributed by atoms with Crippen molar-refractivity contribution < 1.29 is 14.3 Å². The Hall–Kier alpha value is -2.86. The molecule has 3 rings (SSSR count). The highest BCUT2D eigenvalue weighted by molar-refractivity contribution is 7.12. The summed E-state index contributed by atoms with van der Waals surface area (Å²) >= 11 is 1.37. The summed E-state index contributed by atoms with van der Waals surface area (Å²) in [6, 6.07) is 14.6. The summed E-state index contributed by atoms with van der Waals surface area (Å²) in [4.78, 5) is 16.9. The van der Waals surface area contributed by atoms with Crippen LogP contribution in [0.1, 0.15) is 15.2 Å². The maximum atomic E-state index is 12.2. The second kappa shape index (κ2) is 7.61. The molecular weight excluding hydrogens is 324 g/mol. The van der Waals surface area contributed by atoms with E-state index in [9.17, 15) is 4.79 Å². The van der Waals surface area contributed by atoms with E-state index >= 15 is 0 Å². The van der Waals surface area contributed by atoms with Gasteiger partial charge in [-0.3, -0.25) is 4.79 Å². The summed E-state index contributed by atoms with van der Waals surface area (Å²) in [5, 5.41) is 4.67. The molecule has 0 saturated carbocycles. The molecule has 6 heteroatoms. The quantitative estimate of drug-likeness (QED) is 0.737. The van der Waals surface area contributed by atoms with Gasteiger partial charge in [-0.25, -0.2) is 4.98 Å². The SMILES string of the molecule is COc1ccccc1OCc1csc(C(=O)Nc2ccccn2)c1. The van der Waals surface area contributed by atoms with Crippen LogP contribution < -0.4 is 14.8 Å². The molecule has 0 aliphatic heterocycles. The highest BCUT2D eigenvalue weighted by atomic mass is 32.1. The van der Waals surface area contributed by atoms with Crippen LogP contribution >= 0.6 is 11.3 Å².